The molecule has 0 saturated carbocycles. The monoisotopic (exact) mass is 338 g/mol. The molecule has 0 fully saturated rings. The summed E-state index contributed by atoms with van der Waals surface area (Å²) >= 11 is 0. The van der Waals surface area contributed by atoms with Crippen LogP contribution in [0.4, 0.5) is 0 Å². The Kier molecular flexibility index (Phi) is 19.6. The summed E-state index contributed by atoms with van der Waals surface area (Å²) in [6.45, 7) is 4.89. The van der Waals surface area contributed by atoms with Gasteiger partial charge in [0, 0.05) is 6.42 Å². The fourth-order valence-corrected chi connectivity index (χ4v) is 2.81. The molecule has 0 spiro atoms. The van der Waals surface area contributed by atoms with Crippen molar-refractivity contribution in [2.24, 2.45) is 0 Å². The second-order valence-corrected chi connectivity index (χ2v) is 6.91. The van der Waals surface area contributed by atoms with Crippen molar-refractivity contribution < 1.29 is 9.53 Å². The first-order valence-corrected chi connectivity index (χ1v) is 10.6. The first-order valence-electron chi connectivity index (χ1n) is 10.6. The Balaban J connectivity index is 3.10. The molecule has 0 radical (unpaired) electrons. The minimum atomic E-state index is -0.0347. The summed E-state index contributed by atoms with van der Waals surface area (Å²) < 4.78 is 5.16. The molecule has 0 amide bonds. The van der Waals surface area contributed by atoms with Crippen molar-refractivity contribution in [2.75, 3.05) is 6.61 Å². The van der Waals surface area contributed by atoms with E-state index in [0.717, 1.165) is 12.8 Å². The van der Waals surface area contributed by atoms with Crippen LogP contribution in [0.1, 0.15) is 117 Å². The maximum atomic E-state index is 11.2. The van der Waals surface area contributed by atoms with Gasteiger partial charge in [0.1, 0.15) is 0 Å². The Bertz CT molecular complexity index is 284. The molecule has 0 aliphatic rings. The highest BCUT2D eigenvalue weighted by atomic mass is 16.5. The Morgan fingerprint density at radius 2 is 1.17 bits per heavy atom. The molecular weight excluding hydrogens is 296 g/mol. The van der Waals surface area contributed by atoms with E-state index in [-0.39, 0.29) is 5.97 Å². The molecule has 2 heteroatoms. The smallest absolute Gasteiger partial charge is 0.305 e. The van der Waals surface area contributed by atoms with Gasteiger partial charge in [0.05, 0.1) is 6.61 Å². The van der Waals surface area contributed by atoms with Crippen LogP contribution in [0.15, 0.2) is 12.2 Å². The van der Waals surface area contributed by atoms with Crippen LogP contribution in [-0.2, 0) is 9.53 Å². The highest BCUT2D eigenvalue weighted by Gasteiger charge is 1.99. The minimum absolute atomic E-state index is 0.0347. The SMILES string of the molecule is CCCCCC/C=C\CCCCCCCCCCOC(=O)CCC. The Labute approximate surface area is 151 Å². The van der Waals surface area contributed by atoms with Crippen molar-refractivity contribution in [1.29, 1.82) is 0 Å². The maximum Gasteiger partial charge on any atom is 0.305 e. The van der Waals surface area contributed by atoms with Gasteiger partial charge in [-0.3, -0.25) is 4.79 Å². The molecule has 0 aliphatic carbocycles. The molecule has 0 heterocycles. The number of unbranched alkanes of at least 4 members (excludes halogenated alkanes) is 12. The van der Waals surface area contributed by atoms with E-state index < -0.39 is 0 Å². The molecule has 0 saturated heterocycles. The summed E-state index contributed by atoms with van der Waals surface area (Å²) in [5, 5.41) is 0. The third kappa shape index (κ3) is 19.3. The third-order valence-electron chi connectivity index (χ3n) is 4.37. The van der Waals surface area contributed by atoms with Crippen LogP contribution in [-0.4, -0.2) is 12.6 Å². The largest absolute Gasteiger partial charge is 0.466 e. The van der Waals surface area contributed by atoms with E-state index in [0.29, 0.717) is 13.0 Å². The lowest BCUT2D eigenvalue weighted by atomic mass is 10.1. The molecule has 0 aromatic heterocycles. The van der Waals surface area contributed by atoms with Crippen LogP contribution in [0.3, 0.4) is 0 Å². The molecule has 0 rings (SSSR count). The predicted molar refractivity (Wildman–Crippen MR) is 105 cm³/mol. The Hall–Kier alpha value is -0.790. The second-order valence-electron chi connectivity index (χ2n) is 6.91. The van der Waals surface area contributed by atoms with E-state index in [4.69, 9.17) is 4.74 Å². The minimum Gasteiger partial charge on any atom is -0.466 e. The fraction of sp³-hybridized carbons (Fsp3) is 0.864. The van der Waals surface area contributed by atoms with Crippen LogP contribution in [0.5, 0.6) is 0 Å². The molecule has 142 valence electrons. The summed E-state index contributed by atoms with van der Waals surface area (Å²) in [5.74, 6) is -0.0347. The van der Waals surface area contributed by atoms with Gasteiger partial charge in [0.2, 0.25) is 0 Å². The molecular formula is C22H42O2. The van der Waals surface area contributed by atoms with Crippen LogP contribution >= 0.6 is 0 Å². The average molecular weight is 339 g/mol. The summed E-state index contributed by atoms with van der Waals surface area (Å²) in [6, 6.07) is 0. The number of hydrogen-bond donors (Lipinski definition) is 0. The van der Waals surface area contributed by atoms with Gasteiger partial charge in [-0.25, -0.2) is 0 Å². The maximum absolute atomic E-state index is 11.2. The van der Waals surface area contributed by atoms with Gasteiger partial charge in [-0.15, -0.1) is 0 Å². The van der Waals surface area contributed by atoms with Gasteiger partial charge in [-0.2, -0.15) is 0 Å². The first-order chi connectivity index (χ1) is 11.8. The second kappa shape index (κ2) is 20.3. The van der Waals surface area contributed by atoms with Crippen molar-refractivity contribution in [1.82, 2.24) is 0 Å². The number of carbonyl (C=O) groups excluding carboxylic acids is 1. The molecule has 0 bridgehead atoms. The van der Waals surface area contributed by atoms with E-state index in [1.54, 1.807) is 0 Å². The van der Waals surface area contributed by atoms with E-state index in [2.05, 4.69) is 19.1 Å². The number of rotatable bonds is 18. The van der Waals surface area contributed by atoms with Gasteiger partial charge in [0.15, 0.2) is 0 Å². The molecule has 0 aromatic rings. The van der Waals surface area contributed by atoms with Crippen LogP contribution in [0.25, 0.3) is 0 Å². The van der Waals surface area contributed by atoms with Crippen molar-refractivity contribution in [2.45, 2.75) is 117 Å². The summed E-state index contributed by atoms with van der Waals surface area (Å²) in [6.07, 6.45) is 24.5. The van der Waals surface area contributed by atoms with Gasteiger partial charge in [-0.1, -0.05) is 83.8 Å². The highest BCUT2D eigenvalue weighted by Crippen LogP contribution is 2.10. The molecule has 0 aliphatic heterocycles. The Morgan fingerprint density at radius 1 is 0.667 bits per heavy atom. The predicted octanol–water partition coefficient (Wildman–Crippen LogP) is 7.37. The van der Waals surface area contributed by atoms with E-state index in [9.17, 15) is 4.79 Å². The highest BCUT2D eigenvalue weighted by molar-refractivity contribution is 5.69. The zero-order valence-electron chi connectivity index (χ0n) is 16.5. The van der Waals surface area contributed by atoms with Crippen molar-refractivity contribution in [3.8, 4) is 0 Å². The molecule has 24 heavy (non-hydrogen) atoms. The van der Waals surface area contributed by atoms with Crippen LogP contribution < -0.4 is 0 Å². The van der Waals surface area contributed by atoms with Crippen LogP contribution in [0.2, 0.25) is 0 Å². The normalized spacial score (nSPS) is 11.2. The van der Waals surface area contributed by atoms with Gasteiger partial charge >= 0.3 is 5.97 Å². The lowest BCUT2D eigenvalue weighted by Crippen LogP contribution is -2.04. The van der Waals surface area contributed by atoms with Crippen molar-refractivity contribution in [3.05, 3.63) is 12.2 Å². The van der Waals surface area contributed by atoms with Crippen LogP contribution in [0, 0.1) is 0 Å². The number of ether oxygens (including phenoxy) is 1. The molecule has 0 N–H and O–H groups in total. The summed E-state index contributed by atoms with van der Waals surface area (Å²) in [5.41, 5.74) is 0. The van der Waals surface area contributed by atoms with E-state index in [1.807, 2.05) is 6.92 Å². The Morgan fingerprint density at radius 3 is 1.71 bits per heavy atom. The molecule has 0 aromatic carbocycles. The van der Waals surface area contributed by atoms with E-state index in [1.165, 1.54) is 83.5 Å². The fourth-order valence-electron chi connectivity index (χ4n) is 2.81. The molecule has 0 atom stereocenters. The average Bonchev–Trinajstić information content (AvgIpc) is 2.58. The number of hydrogen-bond acceptors (Lipinski definition) is 2. The third-order valence-corrected chi connectivity index (χ3v) is 4.37. The van der Waals surface area contributed by atoms with Gasteiger partial charge in [0.25, 0.3) is 0 Å². The molecule has 0 unspecified atom stereocenters. The zero-order valence-corrected chi connectivity index (χ0v) is 16.5. The number of carbonyl (C=O) groups is 1. The summed E-state index contributed by atoms with van der Waals surface area (Å²) in [7, 11) is 0. The van der Waals surface area contributed by atoms with Gasteiger partial charge in [-0.05, 0) is 38.5 Å². The quantitative estimate of drug-likeness (QED) is 0.148. The number of esters is 1. The standard InChI is InChI=1S/C22H42O2/c1-3-5-6-7-8-9-10-11-12-13-14-15-16-17-18-19-21-24-22(23)20-4-2/h9-10H,3-8,11-21H2,1-2H3/b10-9-. The molecule has 2 nitrogen and oxygen atoms in total. The zero-order chi connectivity index (χ0) is 17.7. The topological polar surface area (TPSA) is 26.3 Å². The lowest BCUT2D eigenvalue weighted by molar-refractivity contribution is -0.143. The number of allylic oxidation sites excluding steroid dienone is 2. The lowest BCUT2D eigenvalue weighted by Gasteiger charge is -2.04. The van der Waals surface area contributed by atoms with Gasteiger partial charge < -0.3 is 4.74 Å². The first kappa shape index (κ1) is 23.2. The van der Waals surface area contributed by atoms with Crippen molar-refractivity contribution >= 4 is 5.97 Å². The summed E-state index contributed by atoms with van der Waals surface area (Å²) in [4.78, 5) is 11.2. The van der Waals surface area contributed by atoms with E-state index >= 15 is 0 Å². The van der Waals surface area contributed by atoms with Crippen molar-refractivity contribution in [3.63, 3.8) is 0 Å².